The second-order valence-electron chi connectivity index (χ2n) is 3.57. The summed E-state index contributed by atoms with van der Waals surface area (Å²) in [6.07, 6.45) is 0. The Morgan fingerprint density at radius 2 is 1.86 bits per heavy atom. The zero-order chi connectivity index (χ0) is 10.8. The normalized spacial score (nSPS) is 17.1. The first kappa shape index (κ1) is 10.7. The molecule has 1 unspecified atom stereocenters. The summed E-state index contributed by atoms with van der Waals surface area (Å²) in [7, 11) is 0. The van der Waals surface area contributed by atoms with E-state index in [0.717, 1.165) is 0 Å². The fraction of sp³-hybridized carbons (Fsp3) is 0.364. The van der Waals surface area contributed by atoms with E-state index in [9.17, 15) is 9.90 Å². The molecule has 0 spiro atoms. The number of aliphatic hydroxyl groups is 1. The lowest BCUT2D eigenvalue weighted by Crippen LogP contribution is -2.35. The van der Waals surface area contributed by atoms with Gasteiger partial charge in [0.25, 0.3) is 0 Å². The van der Waals surface area contributed by atoms with Crippen molar-refractivity contribution in [1.29, 1.82) is 0 Å². The van der Waals surface area contributed by atoms with E-state index < -0.39 is 17.5 Å². The monoisotopic (exact) mass is 194 g/mol. The van der Waals surface area contributed by atoms with Crippen LogP contribution in [-0.2, 0) is 10.4 Å². The number of hydrogen-bond donors (Lipinski definition) is 2. The topological polar surface area (TPSA) is 57.5 Å². The molecule has 76 valence electrons. The maximum atomic E-state index is 10.8. The summed E-state index contributed by atoms with van der Waals surface area (Å²) < 4.78 is 0. The summed E-state index contributed by atoms with van der Waals surface area (Å²) >= 11 is 0. The lowest BCUT2D eigenvalue weighted by molar-refractivity contribution is -0.150. The molecule has 0 saturated heterocycles. The summed E-state index contributed by atoms with van der Waals surface area (Å²) in [6, 6.07) is 8.82. The van der Waals surface area contributed by atoms with Crippen LogP contribution in [0.1, 0.15) is 19.4 Å². The summed E-state index contributed by atoms with van der Waals surface area (Å²) in [6.45, 7) is 3.01. The van der Waals surface area contributed by atoms with E-state index >= 15 is 0 Å². The first-order valence-corrected chi connectivity index (χ1v) is 4.47. The van der Waals surface area contributed by atoms with Crippen LogP contribution >= 0.6 is 0 Å². The van der Waals surface area contributed by atoms with Crippen molar-refractivity contribution in [2.45, 2.75) is 19.4 Å². The predicted octanol–water partition coefficient (Wildman–Crippen LogP) is 1.61. The standard InChI is InChI=1S/C11H14O3/c1-8(10(12)13)11(2,14)9-6-4-3-5-7-9/h3-8,14H,1-2H3,(H,12,13)/t8-,11?/m1/s1. The largest absolute Gasteiger partial charge is 0.481 e. The van der Waals surface area contributed by atoms with Gasteiger partial charge in [0, 0.05) is 0 Å². The van der Waals surface area contributed by atoms with E-state index in [1.807, 2.05) is 6.07 Å². The Balaban J connectivity index is 3.02. The Kier molecular flexibility index (Phi) is 2.91. The van der Waals surface area contributed by atoms with Crippen molar-refractivity contribution in [3.63, 3.8) is 0 Å². The Morgan fingerprint density at radius 1 is 1.36 bits per heavy atom. The molecule has 14 heavy (non-hydrogen) atoms. The Morgan fingerprint density at radius 3 is 2.29 bits per heavy atom. The second-order valence-corrected chi connectivity index (χ2v) is 3.57. The van der Waals surface area contributed by atoms with Gasteiger partial charge in [-0.3, -0.25) is 4.79 Å². The highest BCUT2D eigenvalue weighted by Crippen LogP contribution is 2.28. The van der Waals surface area contributed by atoms with Crippen LogP contribution in [-0.4, -0.2) is 16.2 Å². The molecular formula is C11H14O3. The zero-order valence-corrected chi connectivity index (χ0v) is 8.27. The number of benzene rings is 1. The van der Waals surface area contributed by atoms with Gasteiger partial charge in [0.2, 0.25) is 0 Å². The van der Waals surface area contributed by atoms with Crippen LogP contribution in [0.25, 0.3) is 0 Å². The maximum Gasteiger partial charge on any atom is 0.309 e. The Hall–Kier alpha value is -1.35. The third-order valence-electron chi connectivity index (χ3n) is 2.57. The molecule has 1 aromatic rings. The molecular weight excluding hydrogens is 180 g/mol. The van der Waals surface area contributed by atoms with E-state index in [1.54, 1.807) is 24.3 Å². The Bertz CT molecular complexity index is 317. The van der Waals surface area contributed by atoms with Gasteiger partial charge in [-0.05, 0) is 19.4 Å². The molecule has 3 heteroatoms. The molecule has 1 rings (SSSR count). The smallest absolute Gasteiger partial charge is 0.309 e. The SMILES string of the molecule is C[C@H](C(=O)O)C(C)(O)c1ccccc1. The van der Waals surface area contributed by atoms with Gasteiger partial charge in [0.15, 0.2) is 0 Å². The molecule has 0 amide bonds. The van der Waals surface area contributed by atoms with Gasteiger partial charge < -0.3 is 10.2 Å². The minimum Gasteiger partial charge on any atom is -0.481 e. The van der Waals surface area contributed by atoms with Crippen LogP contribution in [0.15, 0.2) is 30.3 Å². The molecule has 2 atom stereocenters. The molecule has 3 nitrogen and oxygen atoms in total. The fourth-order valence-corrected chi connectivity index (χ4v) is 1.27. The first-order chi connectivity index (χ1) is 6.46. The van der Waals surface area contributed by atoms with Crippen LogP contribution in [0.4, 0.5) is 0 Å². The van der Waals surface area contributed by atoms with Crippen LogP contribution in [0.5, 0.6) is 0 Å². The molecule has 0 fully saturated rings. The van der Waals surface area contributed by atoms with Gasteiger partial charge in [-0.2, -0.15) is 0 Å². The van der Waals surface area contributed by atoms with Gasteiger partial charge in [-0.25, -0.2) is 0 Å². The highest BCUT2D eigenvalue weighted by Gasteiger charge is 2.35. The zero-order valence-electron chi connectivity index (χ0n) is 8.27. The number of carboxylic acid groups (broad SMARTS) is 1. The van der Waals surface area contributed by atoms with Crippen molar-refractivity contribution in [3.05, 3.63) is 35.9 Å². The van der Waals surface area contributed by atoms with E-state index in [4.69, 9.17) is 5.11 Å². The van der Waals surface area contributed by atoms with Crippen molar-refractivity contribution in [1.82, 2.24) is 0 Å². The summed E-state index contributed by atoms with van der Waals surface area (Å²) in [5, 5.41) is 18.9. The summed E-state index contributed by atoms with van der Waals surface area (Å²) in [4.78, 5) is 10.8. The van der Waals surface area contributed by atoms with E-state index in [0.29, 0.717) is 5.56 Å². The number of hydrogen-bond acceptors (Lipinski definition) is 2. The van der Waals surface area contributed by atoms with Crippen LogP contribution < -0.4 is 0 Å². The van der Waals surface area contributed by atoms with E-state index in [2.05, 4.69) is 0 Å². The van der Waals surface area contributed by atoms with Crippen molar-refractivity contribution in [3.8, 4) is 0 Å². The fourth-order valence-electron chi connectivity index (χ4n) is 1.27. The van der Waals surface area contributed by atoms with Crippen molar-refractivity contribution in [2.24, 2.45) is 5.92 Å². The van der Waals surface area contributed by atoms with Crippen molar-refractivity contribution in [2.75, 3.05) is 0 Å². The molecule has 0 saturated carbocycles. The average molecular weight is 194 g/mol. The Labute approximate surface area is 83.0 Å². The van der Waals surface area contributed by atoms with Crippen LogP contribution in [0.2, 0.25) is 0 Å². The number of carbonyl (C=O) groups is 1. The molecule has 0 bridgehead atoms. The van der Waals surface area contributed by atoms with Crippen LogP contribution in [0, 0.1) is 5.92 Å². The third-order valence-corrected chi connectivity index (χ3v) is 2.57. The van der Waals surface area contributed by atoms with E-state index in [1.165, 1.54) is 13.8 Å². The van der Waals surface area contributed by atoms with Gasteiger partial charge in [0.1, 0.15) is 0 Å². The molecule has 0 heterocycles. The minimum absolute atomic E-state index is 0.620. The average Bonchev–Trinajstić information content (AvgIpc) is 2.18. The van der Waals surface area contributed by atoms with Gasteiger partial charge in [-0.15, -0.1) is 0 Å². The molecule has 0 aliphatic carbocycles. The third kappa shape index (κ3) is 1.93. The molecule has 1 aromatic carbocycles. The summed E-state index contributed by atoms with van der Waals surface area (Å²) in [5.74, 6) is -1.83. The van der Waals surface area contributed by atoms with Crippen molar-refractivity contribution < 1.29 is 15.0 Å². The van der Waals surface area contributed by atoms with Gasteiger partial charge in [0.05, 0.1) is 11.5 Å². The lowest BCUT2D eigenvalue weighted by atomic mass is 9.84. The highest BCUT2D eigenvalue weighted by molar-refractivity contribution is 5.71. The molecule has 2 N–H and O–H groups in total. The lowest BCUT2D eigenvalue weighted by Gasteiger charge is -2.27. The number of carboxylic acids is 1. The van der Waals surface area contributed by atoms with Gasteiger partial charge >= 0.3 is 5.97 Å². The molecule has 0 aliphatic rings. The number of aliphatic carboxylic acids is 1. The first-order valence-electron chi connectivity index (χ1n) is 4.47. The minimum atomic E-state index is -1.33. The maximum absolute atomic E-state index is 10.8. The number of rotatable bonds is 3. The second kappa shape index (κ2) is 3.80. The summed E-state index contributed by atoms with van der Waals surface area (Å²) in [5.41, 5.74) is -0.706. The van der Waals surface area contributed by atoms with Crippen molar-refractivity contribution >= 4 is 5.97 Å². The van der Waals surface area contributed by atoms with Crippen LogP contribution in [0.3, 0.4) is 0 Å². The predicted molar refractivity (Wildman–Crippen MR) is 52.8 cm³/mol. The van der Waals surface area contributed by atoms with E-state index in [-0.39, 0.29) is 0 Å². The highest BCUT2D eigenvalue weighted by atomic mass is 16.4. The quantitative estimate of drug-likeness (QED) is 0.768. The molecule has 0 aromatic heterocycles. The molecule has 0 aliphatic heterocycles. The molecule has 0 radical (unpaired) electrons. The van der Waals surface area contributed by atoms with Gasteiger partial charge in [-0.1, -0.05) is 30.3 Å².